The van der Waals surface area contributed by atoms with Crippen molar-refractivity contribution >= 4 is 38.2 Å². The predicted octanol–water partition coefficient (Wildman–Crippen LogP) is 3.84. The van der Waals surface area contributed by atoms with Gasteiger partial charge in [0.2, 0.25) is 0 Å². The fraction of sp³-hybridized carbons (Fsp3) is 0.0714. The highest BCUT2D eigenvalue weighted by atomic mass is 32.1. The first-order valence-electron chi connectivity index (χ1n) is 5.29. The molecule has 0 aliphatic carbocycles. The molecule has 2 aromatic carbocycles. The molecule has 0 radical (unpaired) electrons. The van der Waals surface area contributed by atoms with E-state index in [4.69, 9.17) is 4.74 Å². The zero-order valence-corrected chi connectivity index (χ0v) is 10.1. The van der Waals surface area contributed by atoms with Crippen LogP contribution in [0.4, 0.5) is 0 Å². The largest absolute Gasteiger partial charge is 0.465 e. The highest BCUT2D eigenvalue weighted by Gasteiger charge is 2.11. The average Bonchev–Trinajstić information content (AvgIpc) is 2.82. The number of carbonyl (C=O) groups is 1. The predicted molar refractivity (Wildman–Crippen MR) is 70.7 cm³/mol. The van der Waals surface area contributed by atoms with Crippen molar-refractivity contribution in [2.24, 2.45) is 0 Å². The van der Waals surface area contributed by atoms with Crippen molar-refractivity contribution < 1.29 is 9.53 Å². The van der Waals surface area contributed by atoms with Gasteiger partial charge in [-0.3, -0.25) is 0 Å². The number of hydrogen-bond acceptors (Lipinski definition) is 3. The Balaban J connectivity index is 2.35. The number of rotatable bonds is 1. The topological polar surface area (TPSA) is 26.3 Å². The second kappa shape index (κ2) is 3.86. The third kappa shape index (κ3) is 1.59. The molecule has 1 heterocycles. The lowest BCUT2D eigenvalue weighted by atomic mass is 10.1. The van der Waals surface area contributed by atoms with Gasteiger partial charge >= 0.3 is 5.97 Å². The zero-order valence-electron chi connectivity index (χ0n) is 9.27. The molecule has 3 aromatic rings. The van der Waals surface area contributed by atoms with Crippen molar-refractivity contribution in [2.75, 3.05) is 7.11 Å². The third-order valence-corrected chi connectivity index (χ3v) is 3.89. The third-order valence-electron chi connectivity index (χ3n) is 2.81. The molecule has 0 bridgehead atoms. The Morgan fingerprint density at radius 2 is 1.94 bits per heavy atom. The summed E-state index contributed by atoms with van der Waals surface area (Å²) in [6.45, 7) is 0. The number of methoxy groups -OCH3 is 1. The van der Waals surface area contributed by atoms with Gasteiger partial charge in [0.25, 0.3) is 0 Å². The van der Waals surface area contributed by atoms with Crippen molar-refractivity contribution in [3.63, 3.8) is 0 Å². The van der Waals surface area contributed by atoms with Crippen LogP contribution in [0.2, 0.25) is 0 Å². The summed E-state index contributed by atoms with van der Waals surface area (Å²) < 4.78 is 5.86. The number of ether oxygens (including phenoxy) is 1. The summed E-state index contributed by atoms with van der Waals surface area (Å²) in [5.41, 5.74) is 0. The second-order valence-electron chi connectivity index (χ2n) is 3.80. The molecular weight excluding hydrogens is 232 g/mol. The molecule has 3 heteroatoms. The van der Waals surface area contributed by atoms with E-state index in [2.05, 4.69) is 24.3 Å². The molecule has 0 N–H and O–H groups in total. The van der Waals surface area contributed by atoms with Gasteiger partial charge < -0.3 is 4.74 Å². The van der Waals surface area contributed by atoms with E-state index in [0.29, 0.717) is 4.88 Å². The van der Waals surface area contributed by atoms with Crippen LogP contribution in [0.15, 0.2) is 42.5 Å². The van der Waals surface area contributed by atoms with Gasteiger partial charge in [-0.2, -0.15) is 0 Å². The maximum Gasteiger partial charge on any atom is 0.348 e. The lowest BCUT2D eigenvalue weighted by molar-refractivity contribution is 0.0606. The number of carbonyl (C=O) groups excluding carboxylic acids is 1. The van der Waals surface area contributed by atoms with Crippen LogP contribution in [0.1, 0.15) is 9.67 Å². The number of esters is 1. The molecule has 17 heavy (non-hydrogen) atoms. The smallest absolute Gasteiger partial charge is 0.348 e. The summed E-state index contributed by atoms with van der Waals surface area (Å²) in [5, 5.41) is 3.49. The van der Waals surface area contributed by atoms with Crippen LogP contribution in [0.3, 0.4) is 0 Å². The highest BCUT2D eigenvalue weighted by molar-refractivity contribution is 7.20. The van der Waals surface area contributed by atoms with E-state index in [1.165, 1.54) is 29.2 Å². The maximum absolute atomic E-state index is 11.5. The number of hydrogen-bond donors (Lipinski definition) is 0. The van der Waals surface area contributed by atoms with Crippen molar-refractivity contribution in [1.29, 1.82) is 0 Å². The summed E-state index contributed by atoms with van der Waals surface area (Å²) in [7, 11) is 1.41. The molecule has 0 amide bonds. The van der Waals surface area contributed by atoms with Crippen LogP contribution < -0.4 is 0 Å². The fourth-order valence-electron chi connectivity index (χ4n) is 1.99. The molecule has 0 atom stereocenters. The number of thiophene rings is 1. The molecule has 1 aromatic heterocycles. The Hall–Kier alpha value is -1.87. The van der Waals surface area contributed by atoms with Crippen LogP contribution in [0, 0.1) is 0 Å². The molecule has 0 saturated carbocycles. The standard InChI is InChI=1S/C14H10O2S/c1-16-14(15)13-8-11-10-5-3-2-4-9(10)6-7-12(11)17-13/h2-8H,1H3. The van der Waals surface area contributed by atoms with Gasteiger partial charge in [0.15, 0.2) is 0 Å². The minimum absolute atomic E-state index is 0.268. The molecule has 0 aliphatic rings. The van der Waals surface area contributed by atoms with Crippen LogP contribution in [0.5, 0.6) is 0 Å². The van der Waals surface area contributed by atoms with Crippen molar-refractivity contribution in [1.82, 2.24) is 0 Å². The van der Waals surface area contributed by atoms with Gasteiger partial charge in [0.05, 0.1) is 7.11 Å². The Bertz CT molecular complexity index is 712. The molecular formula is C14H10O2S. The minimum Gasteiger partial charge on any atom is -0.465 e. The van der Waals surface area contributed by atoms with E-state index < -0.39 is 0 Å². The Labute approximate surface area is 102 Å². The van der Waals surface area contributed by atoms with Crippen LogP contribution in [0.25, 0.3) is 20.9 Å². The van der Waals surface area contributed by atoms with E-state index in [1.807, 2.05) is 18.2 Å². The number of fused-ring (bicyclic) bond motifs is 3. The molecule has 3 rings (SSSR count). The Kier molecular flexibility index (Phi) is 2.34. The second-order valence-corrected chi connectivity index (χ2v) is 4.88. The van der Waals surface area contributed by atoms with Crippen molar-refractivity contribution in [3.05, 3.63) is 47.3 Å². The summed E-state index contributed by atoms with van der Waals surface area (Å²) >= 11 is 1.47. The molecule has 0 fully saturated rings. The van der Waals surface area contributed by atoms with E-state index in [-0.39, 0.29) is 5.97 Å². The SMILES string of the molecule is COC(=O)c1cc2c(ccc3ccccc32)s1. The van der Waals surface area contributed by atoms with Gasteiger partial charge in [0, 0.05) is 10.1 Å². The fourth-order valence-corrected chi connectivity index (χ4v) is 2.99. The van der Waals surface area contributed by atoms with Gasteiger partial charge in [-0.05, 0) is 22.9 Å². The monoisotopic (exact) mass is 242 g/mol. The highest BCUT2D eigenvalue weighted by Crippen LogP contribution is 2.32. The van der Waals surface area contributed by atoms with Crippen LogP contribution in [-0.4, -0.2) is 13.1 Å². The quantitative estimate of drug-likeness (QED) is 0.606. The molecule has 84 valence electrons. The summed E-state index contributed by atoms with van der Waals surface area (Å²) in [4.78, 5) is 12.2. The minimum atomic E-state index is -0.268. The number of benzene rings is 2. The summed E-state index contributed by atoms with van der Waals surface area (Å²) in [6, 6.07) is 14.2. The lowest BCUT2D eigenvalue weighted by Crippen LogP contribution is -1.96. The van der Waals surface area contributed by atoms with E-state index >= 15 is 0 Å². The summed E-state index contributed by atoms with van der Waals surface area (Å²) in [6.07, 6.45) is 0. The van der Waals surface area contributed by atoms with E-state index in [9.17, 15) is 4.79 Å². The average molecular weight is 242 g/mol. The molecule has 2 nitrogen and oxygen atoms in total. The molecule has 0 aliphatic heterocycles. The molecule has 0 unspecified atom stereocenters. The molecule has 0 saturated heterocycles. The van der Waals surface area contributed by atoms with Crippen LogP contribution >= 0.6 is 11.3 Å². The van der Waals surface area contributed by atoms with Crippen molar-refractivity contribution in [2.45, 2.75) is 0 Å². The zero-order chi connectivity index (χ0) is 11.8. The van der Waals surface area contributed by atoms with E-state index in [1.54, 1.807) is 0 Å². The first-order chi connectivity index (χ1) is 8.29. The van der Waals surface area contributed by atoms with E-state index in [0.717, 1.165) is 10.1 Å². The van der Waals surface area contributed by atoms with Gasteiger partial charge in [-0.15, -0.1) is 11.3 Å². The van der Waals surface area contributed by atoms with Gasteiger partial charge in [-0.25, -0.2) is 4.79 Å². The first-order valence-corrected chi connectivity index (χ1v) is 6.11. The maximum atomic E-state index is 11.5. The molecule has 0 spiro atoms. The Morgan fingerprint density at radius 1 is 1.12 bits per heavy atom. The van der Waals surface area contributed by atoms with Crippen molar-refractivity contribution in [3.8, 4) is 0 Å². The van der Waals surface area contributed by atoms with Gasteiger partial charge in [0.1, 0.15) is 4.88 Å². The first kappa shape index (κ1) is 10.3. The Morgan fingerprint density at radius 3 is 2.76 bits per heavy atom. The van der Waals surface area contributed by atoms with Crippen LogP contribution in [-0.2, 0) is 4.74 Å². The lowest BCUT2D eigenvalue weighted by Gasteiger charge is -1.97. The normalized spacial score (nSPS) is 10.9. The van der Waals surface area contributed by atoms with Gasteiger partial charge in [-0.1, -0.05) is 30.3 Å². The summed E-state index contributed by atoms with van der Waals surface area (Å²) in [5.74, 6) is -0.268.